The van der Waals surface area contributed by atoms with Gasteiger partial charge in [0.15, 0.2) is 15.5 Å². The van der Waals surface area contributed by atoms with Crippen LogP contribution in [0.5, 0.6) is 0 Å². The molecule has 1 aliphatic rings. The van der Waals surface area contributed by atoms with Gasteiger partial charge in [-0.05, 0) is 24.1 Å². The van der Waals surface area contributed by atoms with Crippen molar-refractivity contribution in [2.24, 2.45) is 0 Å². The van der Waals surface area contributed by atoms with Gasteiger partial charge in [0.1, 0.15) is 0 Å². The molecule has 2 heterocycles. The molecule has 0 aliphatic carbocycles. The topological polar surface area (TPSA) is 114 Å². The highest BCUT2D eigenvalue weighted by molar-refractivity contribution is 7.91. The van der Waals surface area contributed by atoms with E-state index in [1.54, 1.807) is 24.3 Å². The highest BCUT2D eigenvalue weighted by atomic mass is 35.5. The number of rotatable bonds is 6. The SMILES string of the molecule is CCS(=O)(=O)c1ncc(Cl)c(C(=O)N(Cc2ccc(Cl)cc2)C2CCS(=O)(=O)C2)n1. The van der Waals surface area contributed by atoms with Crippen molar-refractivity contribution in [2.45, 2.75) is 31.1 Å². The summed E-state index contributed by atoms with van der Waals surface area (Å²) in [6.45, 7) is 1.53. The van der Waals surface area contributed by atoms with Gasteiger partial charge in [-0.1, -0.05) is 42.3 Å². The average Bonchev–Trinajstić information content (AvgIpc) is 3.06. The van der Waals surface area contributed by atoms with Gasteiger partial charge in [0.25, 0.3) is 5.91 Å². The molecule has 8 nitrogen and oxygen atoms in total. The van der Waals surface area contributed by atoms with Crippen LogP contribution in [0.1, 0.15) is 29.4 Å². The molecule has 1 saturated heterocycles. The lowest BCUT2D eigenvalue weighted by atomic mass is 10.1. The third-order valence-electron chi connectivity index (χ3n) is 4.76. The molecule has 0 saturated carbocycles. The second-order valence-corrected chi connectivity index (χ2v) is 12.1. The van der Waals surface area contributed by atoms with Crippen molar-refractivity contribution in [3.8, 4) is 0 Å². The van der Waals surface area contributed by atoms with Crippen LogP contribution in [0.25, 0.3) is 0 Å². The number of benzene rings is 1. The summed E-state index contributed by atoms with van der Waals surface area (Å²) in [7, 11) is -7.04. The highest BCUT2D eigenvalue weighted by Crippen LogP contribution is 2.25. The number of sulfone groups is 2. The smallest absolute Gasteiger partial charge is 0.274 e. The fraction of sp³-hybridized carbons (Fsp3) is 0.389. The van der Waals surface area contributed by atoms with Crippen molar-refractivity contribution in [3.63, 3.8) is 0 Å². The molecule has 1 atom stereocenters. The quantitative estimate of drug-likeness (QED) is 0.569. The fourth-order valence-corrected chi connectivity index (χ4v) is 5.82. The highest BCUT2D eigenvalue weighted by Gasteiger charge is 2.36. The number of carbonyl (C=O) groups is 1. The van der Waals surface area contributed by atoms with Crippen LogP contribution >= 0.6 is 23.2 Å². The maximum absolute atomic E-state index is 13.3. The molecule has 1 unspecified atom stereocenters. The fourth-order valence-electron chi connectivity index (χ4n) is 3.09. The predicted molar refractivity (Wildman–Crippen MR) is 113 cm³/mol. The maximum atomic E-state index is 13.3. The summed E-state index contributed by atoms with van der Waals surface area (Å²) in [4.78, 5) is 22.3. The summed E-state index contributed by atoms with van der Waals surface area (Å²) in [5.74, 6) is -1.12. The molecule has 1 fully saturated rings. The van der Waals surface area contributed by atoms with Crippen LogP contribution in [-0.4, -0.2) is 60.9 Å². The first-order valence-electron chi connectivity index (χ1n) is 9.03. The lowest BCUT2D eigenvalue weighted by molar-refractivity contribution is 0.0674. The Morgan fingerprint density at radius 3 is 2.47 bits per heavy atom. The van der Waals surface area contributed by atoms with Crippen molar-refractivity contribution in [1.29, 1.82) is 0 Å². The van der Waals surface area contributed by atoms with Gasteiger partial charge in [-0.3, -0.25) is 4.79 Å². The molecule has 0 N–H and O–H groups in total. The lowest BCUT2D eigenvalue weighted by Gasteiger charge is -2.28. The summed E-state index contributed by atoms with van der Waals surface area (Å²) < 4.78 is 48.3. The van der Waals surface area contributed by atoms with Gasteiger partial charge in [0, 0.05) is 17.6 Å². The standard InChI is InChI=1S/C18H19Cl2N3O5S2/c1-2-30(27,28)18-21-9-15(20)16(22-18)17(24)23(14-7-8-29(25,26)11-14)10-12-3-5-13(19)6-4-12/h3-6,9,14H,2,7-8,10-11H2,1H3. The second kappa shape index (κ2) is 8.78. The summed E-state index contributed by atoms with van der Waals surface area (Å²) in [6, 6.07) is 6.18. The van der Waals surface area contributed by atoms with Gasteiger partial charge in [-0.25, -0.2) is 26.8 Å². The Hall–Kier alpha value is -1.75. The van der Waals surface area contributed by atoms with Crippen LogP contribution in [0, 0.1) is 0 Å². The zero-order chi connectivity index (χ0) is 22.1. The molecule has 1 amide bonds. The normalized spacial score (nSPS) is 18.3. The van der Waals surface area contributed by atoms with Crippen LogP contribution in [0.3, 0.4) is 0 Å². The molecule has 0 spiro atoms. The van der Waals surface area contributed by atoms with E-state index in [1.165, 1.54) is 11.8 Å². The third-order valence-corrected chi connectivity index (χ3v) is 8.55. The number of hydrogen-bond acceptors (Lipinski definition) is 7. The van der Waals surface area contributed by atoms with E-state index < -0.39 is 36.8 Å². The summed E-state index contributed by atoms with van der Waals surface area (Å²) in [5.41, 5.74) is 0.445. The summed E-state index contributed by atoms with van der Waals surface area (Å²) >= 11 is 12.0. The van der Waals surface area contributed by atoms with Crippen molar-refractivity contribution < 1.29 is 21.6 Å². The molecule has 0 radical (unpaired) electrons. The lowest BCUT2D eigenvalue weighted by Crippen LogP contribution is -2.41. The summed E-state index contributed by atoms with van der Waals surface area (Å²) in [6.07, 6.45) is 1.33. The molecule has 1 aromatic heterocycles. The molecule has 12 heteroatoms. The Labute approximate surface area is 185 Å². The summed E-state index contributed by atoms with van der Waals surface area (Å²) in [5, 5.41) is -0.0893. The Balaban J connectivity index is 2.01. The van der Waals surface area contributed by atoms with E-state index in [-0.39, 0.29) is 40.9 Å². The first kappa shape index (κ1) is 22.9. The molecule has 162 valence electrons. The minimum Gasteiger partial charge on any atom is -0.329 e. The van der Waals surface area contributed by atoms with Crippen LogP contribution in [0.4, 0.5) is 0 Å². The maximum Gasteiger partial charge on any atom is 0.274 e. The van der Waals surface area contributed by atoms with Gasteiger partial charge in [-0.15, -0.1) is 0 Å². The van der Waals surface area contributed by atoms with Gasteiger partial charge in [0.2, 0.25) is 15.0 Å². The van der Waals surface area contributed by atoms with Crippen LogP contribution < -0.4 is 0 Å². The van der Waals surface area contributed by atoms with E-state index in [2.05, 4.69) is 9.97 Å². The average molecular weight is 492 g/mol. The number of hydrogen-bond donors (Lipinski definition) is 0. The van der Waals surface area contributed by atoms with Crippen molar-refractivity contribution in [2.75, 3.05) is 17.3 Å². The van der Waals surface area contributed by atoms with Crippen molar-refractivity contribution >= 4 is 48.8 Å². The minimum absolute atomic E-state index is 0.0327. The number of aromatic nitrogens is 2. The van der Waals surface area contributed by atoms with Crippen LogP contribution in [0.2, 0.25) is 10.0 Å². The molecule has 1 aromatic carbocycles. The van der Waals surface area contributed by atoms with Gasteiger partial charge >= 0.3 is 0 Å². The van der Waals surface area contributed by atoms with Crippen LogP contribution in [0.15, 0.2) is 35.6 Å². The van der Waals surface area contributed by atoms with E-state index in [9.17, 15) is 21.6 Å². The molecule has 0 bridgehead atoms. The number of amides is 1. The van der Waals surface area contributed by atoms with Gasteiger partial charge in [0.05, 0.1) is 28.5 Å². The van der Waals surface area contributed by atoms with E-state index in [0.717, 1.165) is 11.8 Å². The first-order chi connectivity index (χ1) is 14.0. The Kier molecular flexibility index (Phi) is 6.71. The third kappa shape index (κ3) is 5.11. The van der Waals surface area contributed by atoms with Crippen molar-refractivity contribution in [3.05, 3.63) is 51.8 Å². The number of carbonyl (C=O) groups excluding carboxylic acids is 1. The first-order valence-corrected chi connectivity index (χ1v) is 13.3. The molecule has 2 aromatic rings. The zero-order valence-electron chi connectivity index (χ0n) is 16.0. The van der Waals surface area contributed by atoms with E-state index >= 15 is 0 Å². The molecular formula is C18H19Cl2N3O5S2. The minimum atomic E-state index is -3.76. The van der Waals surface area contributed by atoms with Gasteiger partial charge < -0.3 is 4.90 Å². The number of nitrogens with zero attached hydrogens (tertiary/aromatic N) is 3. The zero-order valence-corrected chi connectivity index (χ0v) is 19.1. The Bertz CT molecular complexity index is 1170. The Morgan fingerprint density at radius 1 is 1.23 bits per heavy atom. The largest absolute Gasteiger partial charge is 0.329 e. The van der Waals surface area contributed by atoms with Gasteiger partial charge in [-0.2, -0.15) is 0 Å². The second-order valence-electron chi connectivity index (χ2n) is 6.87. The van der Waals surface area contributed by atoms with Crippen molar-refractivity contribution in [1.82, 2.24) is 14.9 Å². The van der Waals surface area contributed by atoms with E-state index in [0.29, 0.717) is 5.02 Å². The monoisotopic (exact) mass is 491 g/mol. The van der Waals surface area contributed by atoms with Crippen LogP contribution in [-0.2, 0) is 26.2 Å². The molecular weight excluding hydrogens is 473 g/mol. The molecule has 3 rings (SSSR count). The van der Waals surface area contributed by atoms with E-state index in [1.807, 2.05) is 0 Å². The molecule has 1 aliphatic heterocycles. The van der Waals surface area contributed by atoms with E-state index in [4.69, 9.17) is 23.2 Å². The predicted octanol–water partition coefficient (Wildman–Crippen LogP) is 2.41. The molecule has 30 heavy (non-hydrogen) atoms. The number of halogens is 2. The Morgan fingerprint density at radius 2 is 1.90 bits per heavy atom.